The maximum absolute atomic E-state index is 9.04. The maximum Gasteiger partial charge on any atom is 0.148 e. The topological polar surface area (TPSA) is 54.5 Å². The van der Waals surface area contributed by atoms with E-state index in [1.165, 1.54) is 0 Å². The Labute approximate surface area is 102 Å². The molecule has 2 rings (SSSR count). The summed E-state index contributed by atoms with van der Waals surface area (Å²) in [5, 5.41) is 13.3. The number of aromatic nitrogens is 3. The Morgan fingerprint density at radius 1 is 1.38 bits per heavy atom. The minimum atomic E-state index is 0.580. The second-order valence-electron chi connectivity index (χ2n) is 3.39. The highest BCUT2D eigenvalue weighted by molar-refractivity contribution is 9.10. The number of benzene rings is 1. The summed E-state index contributed by atoms with van der Waals surface area (Å²) in [4.78, 5) is 4.22. The SMILES string of the molecule is Cc1nc(C)n(-c2cc(Br)ccc2C#N)n1. The van der Waals surface area contributed by atoms with Gasteiger partial charge in [0.05, 0.1) is 11.3 Å². The van der Waals surface area contributed by atoms with Crippen LogP contribution in [0.15, 0.2) is 22.7 Å². The van der Waals surface area contributed by atoms with Gasteiger partial charge in [0.15, 0.2) is 0 Å². The summed E-state index contributed by atoms with van der Waals surface area (Å²) in [6.45, 7) is 3.69. The van der Waals surface area contributed by atoms with E-state index in [9.17, 15) is 0 Å². The average molecular weight is 277 g/mol. The van der Waals surface area contributed by atoms with Crippen molar-refractivity contribution in [3.05, 3.63) is 39.9 Å². The molecule has 1 aromatic carbocycles. The molecule has 0 aliphatic heterocycles. The molecule has 4 nitrogen and oxygen atoms in total. The molecule has 80 valence electrons. The van der Waals surface area contributed by atoms with Crippen LogP contribution < -0.4 is 0 Å². The molecule has 0 spiro atoms. The van der Waals surface area contributed by atoms with Crippen molar-refractivity contribution in [1.82, 2.24) is 14.8 Å². The lowest BCUT2D eigenvalue weighted by Crippen LogP contribution is -2.02. The van der Waals surface area contributed by atoms with E-state index in [1.54, 1.807) is 10.7 Å². The van der Waals surface area contributed by atoms with E-state index in [0.717, 1.165) is 16.0 Å². The fraction of sp³-hybridized carbons (Fsp3) is 0.182. The normalized spacial score (nSPS) is 10.1. The molecule has 0 bridgehead atoms. The molecule has 0 radical (unpaired) electrons. The zero-order valence-corrected chi connectivity index (χ0v) is 10.5. The van der Waals surface area contributed by atoms with E-state index < -0.39 is 0 Å². The van der Waals surface area contributed by atoms with Crippen molar-refractivity contribution < 1.29 is 0 Å². The van der Waals surface area contributed by atoms with Gasteiger partial charge in [-0.3, -0.25) is 0 Å². The van der Waals surface area contributed by atoms with E-state index in [1.807, 2.05) is 26.0 Å². The van der Waals surface area contributed by atoms with E-state index >= 15 is 0 Å². The van der Waals surface area contributed by atoms with Gasteiger partial charge in [-0.15, -0.1) is 0 Å². The first-order valence-electron chi connectivity index (χ1n) is 4.72. The predicted molar refractivity (Wildman–Crippen MR) is 63.2 cm³/mol. The van der Waals surface area contributed by atoms with Crippen molar-refractivity contribution in [3.8, 4) is 11.8 Å². The molecule has 5 heteroatoms. The molecule has 0 fully saturated rings. The number of rotatable bonds is 1. The van der Waals surface area contributed by atoms with E-state index in [0.29, 0.717) is 11.4 Å². The van der Waals surface area contributed by atoms with Gasteiger partial charge < -0.3 is 0 Å². The highest BCUT2D eigenvalue weighted by atomic mass is 79.9. The van der Waals surface area contributed by atoms with Crippen LogP contribution in [0, 0.1) is 25.2 Å². The molecule has 0 saturated heterocycles. The summed E-state index contributed by atoms with van der Waals surface area (Å²) in [7, 11) is 0. The largest absolute Gasteiger partial charge is 0.217 e. The molecular formula is C11H9BrN4. The number of nitrogens with zero attached hydrogens (tertiary/aromatic N) is 4. The summed E-state index contributed by atoms with van der Waals surface area (Å²) in [6.07, 6.45) is 0. The van der Waals surface area contributed by atoms with Crippen molar-refractivity contribution in [3.63, 3.8) is 0 Å². The number of nitriles is 1. The third-order valence-corrected chi connectivity index (χ3v) is 2.68. The molecule has 16 heavy (non-hydrogen) atoms. The van der Waals surface area contributed by atoms with E-state index in [4.69, 9.17) is 5.26 Å². The zero-order valence-electron chi connectivity index (χ0n) is 8.90. The second kappa shape index (κ2) is 4.06. The van der Waals surface area contributed by atoms with Crippen LogP contribution in [0.5, 0.6) is 0 Å². The summed E-state index contributed by atoms with van der Waals surface area (Å²) in [5.41, 5.74) is 1.33. The minimum Gasteiger partial charge on any atom is -0.217 e. The van der Waals surface area contributed by atoms with Gasteiger partial charge in [-0.2, -0.15) is 10.4 Å². The highest BCUT2D eigenvalue weighted by Gasteiger charge is 2.10. The standard InChI is InChI=1S/C11H9BrN4/c1-7-14-8(2)16(15-7)11-5-10(12)4-3-9(11)6-13/h3-5H,1-2H3. The predicted octanol–water partition coefficient (Wildman–Crippen LogP) is 2.52. The third-order valence-electron chi connectivity index (χ3n) is 2.18. The Morgan fingerprint density at radius 2 is 2.12 bits per heavy atom. The van der Waals surface area contributed by atoms with Gasteiger partial charge >= 0.3 is 0 Å². The van der Waals surface area contributed by atoms with Crippen LogP contribution >= 0.6 is 15.9 Å². The Bertz CT molecular complexity index is 580. The lowest BCUT2D eigenvalue weighted by atomic mass is 10.2. The van der Waals surface area contributed by atoms with Crippen LogP contribution in [0.1, 0.15) is 17.2 Å². The number of halogens is 1. The molecule has 0 atom stereocenters. The summed E-state index contributed by atoms with van der Waals surface area (Å²) < 4.78 is 2.59. The number of hydrogen-bond donors (Lipinski definition) is 0. The smallest absolute Gasteiger partial charge is 0.148 e. The molecule has 0 saturated carbocycles. The molecule has 0 amide bonds. The molecule has 0 aliphatic carbocycles. The Morgan fingerprint density at radius 3 is 2.69 bits per heavy atom. The Hall–Kier alpha value is -1.67. The van der Waals surface area contributed by atoms with Crippen LogP contribution in [-0.4, -0.2) is 14.8 Å². The van der Waals surface area contributed by atoms with Crippen molar-refractivity contribution in [2.75, 3.05) is 0 Å². The lowest BCUT2D eigenvalue weighted by molar-refractivity contribution is 0.828. The number of aryl methyl sites for hydroxylation is 2. The van der Waals surface area contributed by atoms with Crippen LogP contribution in [0.3, 0.4) is 0 Å². The molecule has 1 aromatic heterocycles. The molecule has 0 aliphatic rings. The summed E-state index contributed by atoms with van der Waals surface area (Å²) in [5.74, 6) is 1.47. The fourth-order valence-electron chi connectivity index (χ4n) is 1.52. The summed E-state index contributed by atoms with van der Waals surface area (Å²) in [6, 6.07) is 7.60. The molecule has 2 aromatic rings. The zero-order chi connectivity index (χ0) is 11.7. The molecular weight excluding hydrogens is 268 g/mol. The van der Waals surface area contributed by atoms with Crippen molar-refractivity contribution in [2.24, 2.45) is 0 Å². The molecule has 0 unspecified atom stereocenters. The van der Waals surface area contributed by atoms with Crippen LogP contribution in [0.25, 0.3) is 5.69 Å². The van der Waals surface area contributed by atoms with E-state index in [2.05, 4.69) is 32.1 Å². The molecule has 1 heterocycles. The van der Waals surface area contributed by atoms with Crippen molar-refractivity contribution in [2.45, 2.75) is 13.8 Å². The fourth-order valence-corrected chi connectivity index (χ4v) is 1.87. The van der Waals surface area contributed by atoms with E-state index in [-0.39, 0.29) is 0 Å². The Balaban J connectivity index is 2.68. The van der Waals surface area contributed by atoms with Gasteiger partial charge in [0.1, 0.15) is 17.7 Å². The Kier molecular flexibility index (Phi) is 2.75. The molecule has 0 N–H and O–H groups in total. The van der Waals surface area contributed by atoms with Gasteiger partial charge in [0.25, 0.3) is 0 Å². The van der Waals surface area contributed by atoms with Crippen LogP contribution in [0.2, 0.25) is 0 Å². The lowest BCUT2D eigenvalue weighted by Gasteiger charge is -2.05. The first kappa shape index (κ1) is 10.8. The first-order valence-corrected chi connectivity index (χ1v) is 5.51. The maximum atomic E-state index is 9.04. The summed E-state index contributed by atoms with van der Waals surface area (Å²) >= 11 is 3.38. The van der Waals surface area contributed by atoms with Crippen molar-refractivity contribution in [1.29, 1.82) is 5.26 Å². The van der Waals surface area contributed by atoms with Gasteiger partial charge in [0.2, 0.25) is 0 Å². The minimum absolute atomic E-state index is 0.580. The number of hydrogen-bond acceptors (Lipinski definition) is 3. The first-order chi connectivity index (χ1) is 7.61. The van der Waals surface area contributed by atoms with Crippen LogP contribution in [-0.2, 0) is 0 Å². The van der Waals surface area contributed by atoms with Gasteiger partial charge in [0, 0.05) is 4.47 Å². The second-order valence-corrected chi connectivity index (χ2v) is 4.31. The highest BCUT2D eigenvalue weighted by Crippen LogP contribution is 2.20. The van der Waals surface area contributed by atoms with Gasteiger partial charge in [-0.05, 0) is 32.0 Å². The average Bonchev–Trinajstić information content (AvgIpc) is 2.57. The third kappa shape index (κ3) is 1.84. The van der Waals surface area contributed by atoms with Crippen LogP contribution in [0.4, 0.5) is 0 Å². The van der Waals surface area contributed by atoms with Gasteiger partial charge in [-0.25, -0.2) is 9.67 Å². The quantitative estimate of drug-likeness (QED) is 0.804. The monoisotopic (exact) mass is 276 g/mol. The van der Waals surface area contributed by atoms with Gasteiger partial charge in [-0.1, -0.05) is 15.9 Å². The van der Waals surface area contributed by atoms with Crippen molar-refractivity contribution >= 4 is 15.9 Å².